The Balaban J connectivity index is 1.74. The Morgan fingerprint density at radius 2 is 2.04 bits per heavy atom. The molecule has 0 unspecified atom stereocenters. The van der Waals surface area contributed by atoms with Crippen LogP contribution < -0.4 is 0 Å². The molecule has 140 valence electrons. The maximum Gasteiger partial charge on any atom is 0.309 e. The molecule has 1 fully saturated rings. The fourth-order valence-corrected chi connectivity index (χ4v) is 4.58. The molecule has 0 aromatic rings. The van der Waals surface area contributed by atoms with E-state index in [4.69, 9.17) is 9.47 Å². The number of rotatable bonds is 3. The van der Waals surface area contributed by atoms with Gasteiger partial charge in [0.1, 0.15) is 12.2 Å². The van der Waals surface area contributed by atoms with E-state index in [9.17, 15) is 9.59 Å². The monoisotopic (exact) mass is 357 g/mol. The molecule has 4 rings (SSSR count). The molecule has 0 aromatic carbocycles. The number of likely N-dealkylation sites (N-methyl/N-ethyl adjacent to an activating group) is 1. The van der Waals surface area contributed by atoms with Crippen molar-refractivity contribution in [3.63, 3.8) is 0 Å². The summed E-state index contributed by atoms with van der Waals surface area (Å²) in [6, 6.07) is 0. The molecule has 5 heteroatoms. The van der Waals surface area contributed by atoms with Crippen LogP contribution in [0.3, 0.4) is 0 Å². The van der Waals surface area contributed by atoms with Crippen LogP contribution in [0.4, 0.5) is 0 Å². The molecule has 4 atom stereocenters. The summed E-state index contributed by atoms with van der Waals surface area (Å²) < 4.78 is 11.6. The average molecular weight is 357 g/mol. The van der Waals surface area contributed by atoms with E-state index in [1.165, 1.54) is 5.57 Å². The molecule has 26 heavy (non-hydrogen) atoms. The molecule has 1 heterocycles. The van der Waals surface area contributed by atoms with Gasteiger partial charge >= 0.3 is 5.97 Å². The highest BCUT2D eigenvalue weighted by Crippen LogP contribution is 2.54. The summed E-state index contributed by atoms with van der Waals surface area (Å²) in [7, 11) is 3.49. The van der Waals surface area contributed by atoms with Gasteiger partial charge in [0.25, 0.3) is 5.91 Å². The van der Waals surface area contributed by atoms with Gasteiger partial charge in [-0.1, -0.05) is 13.8 Å². The van der Waals surface area contributed by atoms with Crippen molar-refractivity contribution in [1.29, 1.82) is 0 Å². The zero-order valence-corrected chi connectivity index (χ0v) is 16.2. The quantitative estimate of drug-likeness (QED) is 0.729. The van der Waals surface area contributed by atoms with Gasteiger partial charge in [-0.15, -0.1) is 0 Å². The first-order chi connectivity index (χ1) is 12.3. The van der Waals surface area contributed by atoms with Crippen LogP contribution in [-0.2, 0) is 19.1 Å². The van der Waals surface area contributed by atoms with E-state index >= 15 is 0 Å². The third-order valence-electron chi connectivity index (χ3n) is 6.84. The van der Waals surface area contributed by atoms with Gasteiger partial charge in [-0.25, -0.2) is 0 Å². The van der Waals surface area contributed by atoms with Gasteiger partial charge in [0.05, 0.1) is 5.92 Å². The molecule has 1 aliphatic heterocycles. The highest BCUT2D eigenvalue weighted by molar-refractivity contribution is 6.00. The van der Waals surface area contributed by atoms with Crippen LogP contribution in [0.5, 0.6) is 0 Å². The number of nitrogens with zero attached hydrogens (tertiary/aromatic N) is 1. The second kappa shape index (κ2) is 5.81. The Hall–Kier alpha value is -1.88. The zero-order chi connectivity index (χ0) is 18.8. The van der Waals surface area contributed by atoms with Gasteiger partial charge in [-0.05, 0) is 49.5 Å². The molecule has 0 spiro atoms. The van der Waals surface area contributed by atoms with Crippen molar-refractivity contribution in [2.24, 2.45) is 17.3 Å². The molecule has 3 aliphatic carbocycles. The number of carbonyl (C=O) groups is 2. The number of fused-ring (bicyclic) bond motifs is 2. The van der Waals surface area contributed by atoms with Crippen LogP contribution in [0.1, 0.15) is 40.0 Å². The molecule has 0 N–H and O–H groups in total. The predicted molar refractivity (Wildman–Crippen MR) is 96.9 cm³/mol. The molecule has 4 aliphatic rings. The fourth-order valence-electron chi connectivity index (χ4n) is 4.58. The highest BCUT2D eigenvalue weighted by atomic mass is 16.6. The van der Waals surface area contributed by atoms with Crippen molar-refractivity contribution >= 4 is 11.9 Å². The van der Waals surface area contributed by atoms with Crippen LogP contribution in [-0.4, -0.2) is 43.1 Å². The minimum absolute atomic E-state index is 0.0711. The lowest BCUT2D eigenvalue weighted by molar-refractivity contribution is -0.164. The fraction of sp³-hybridized carbons (Fsp3) is 0.619. The van der Waals surface area contributed by atoms with Crippen LogP contribution in [0, 0.1) is 17.3 Å². The van der Waals surface area contributed by atoms with Crippen molar-refractivity contribution in [2.45, 2.75) is 52.2 Å². The van der Waals surface area contributed by atoms with E-state index in [0.717, 1.165) is 36.1 Å². The molecule has 1 saturated carbocycles. The molecule has 0 bridgehead atoms. The number of esters is 1. The lowest BCUT2D eigenvalue weighted by Crippen LogP contribution is -2.49. The van der Waals surface area contributed by atoms with Gasteiger partial charge in [0.2, 0.25) is 0 Å². The van der Waals surface area contributed by atoms with Crippen LogP contribution in [0.25, 0.3) is 0 Å². The lowest BCUT2D eigenvalue weighted by atomic mass is 9.59. The first-order valence-corrected chi connectivity index (χ1v) is 9.43. The summed E-state index contributed by atoms with van der Waals surface area (Å²) in [6.45, 7) is 6.26. The number of ether oxygens (including phenoxy) is 2. The Bertz CT molecular complexity index is 773. The summed E-state index contributed by atoms with van der Waals surface area (Å²) in [5.74, 6) is 0.139. The van der Waals surface area contributed by atoms with E-state index in [1.807, 2.05) is 14.0 Å². The Morgan fingerprint density at radius 1 is 1.35 bits per heavy atom. The van der Waals surface area contributed by atoms with E-state index < -0.39 is 0 Å². The predicted octanol–water partition coefficient (Wildman–Crippen LogP) is 2.98. The summed E-state index contributed by atoms with van der Waals surface area (Å²) in [5, 5.41) is 0. The Labute approximate surface area is 154 Å². The van der Waals surface area contributed by atoms with E-state index in [2.05, 4.69) is 26.0 Å². The summed E-state index contributed by atoms with van der Waals surface area (Å²) in [5.41, 5.74) is 3.92. The third kappa shape index (κ3) is 2.40. The molecule has 1 amide bonds. The molecule has 0 aromatic heterocycles. The number of methoxy groups -OCH3 is 1. The molecule has 5 nitrogen and oxygen atoms in total. The summed E-state index contributed by atoms with van der Waals surface area (Å²) in [6.07, 6.45) is 6.29. The number of allylic oxidation sites excluding steroid dienone is 3. The average Bonchev–Trinajstić information content (AvgIpc) is 3.44. The van der Waals surface area contributed by atoms with Crippen molar-refractivity contribution in [2.75, 3.05) is 14.2 Å². The van der Waals surface area contributed by atoms with E-state index in [1.54, 1.807) is 12.0 Å². The summed E-state index contributed by atoms with van der Waals surface area (Å²) in [4.78, 5) is 26.4. The second-order valence-electron chi connectivity index (χ2n) is 8.38. The molecular formula is C21H27NO4. The number of hydrogen-bond acceptors (Lipinski definition) is 4. The Kier molecular flexibility index (Phi) is 3.92. The van der Waals surface area contributed by atoms with Crippen molar-refractivity contribution < 1.29 is 19.1 Å². The van der Waals surface area contributed by atoms with Crippen molar-refractivity contribution in [3.05, 3.63) is 34.6 Å². The number of hydrogen-bond donors (Lipinski definition) is 0. The van der Waals surface area contributed by atoms with Gasteiger partial charge in [0.15, 0.2) is 0 Å². The third-order valence-corrected chi connectivity index (χ3v) is 6.84. The van der Waals surface area contributed by atoms with Crippen molar-refractivity contribution in [1.82, 2.24) is 4.90 Å². The van der Waals surface area contributed by atoms with E-state index in [0.29, 0.717) is 0 Å². The standard InChI is InChI=1S/C21H27NO4/c1-11-15-10-21(3)12(2)18(26-20(24)13-6-7-13)17(25-5)9-14(21)8-16(15)22(4)19(11)23/h8-9,12-13,17-18H,6-7,10H2,1-5H3/t12-,17+,18+,21+/m0/s1. The maximum atomic E-state index is 12.4. The van der Waals surface area contributed by atoms with Gasteiger partial charge in [-0.3, -0.25) is 9.59 Å². The van der Waals surface area contributed by atoms with E-state index in [-0.39, 0.29) is 41.3 Å². The molecular weight excluding hydrogens is 330 g/mol. The minimum atomic E-state index is -0.299. The normalized spacial score (nSPS) is 36.4. The van der Waals surface area contributed by atoms with Crippen LogP contribution in [0.2, 0.25) is 0 Å². The van der Waals surface area contributed by atoms with Crippen molar-refractivity contribution in [3.8, 4) is 0 Å². The Morgan fingerprint density at radius 3 is 2.65 bits per heavy atom. The summed E-state index contributed by atoms with van der Waals surface area (Å²) >= 11 is 0. The van der Waals surface area contributed by atoms with Crippen LogP contribution in [0.15, 0.2) is 34.6 Å². The second-order valence-corrected chi connectivity index (χ2v) is 8.38. The first-order valence-electron chi connectivity index (χ1n) is 9.43. The van der Waals surface area contributed by atoms with Gasteiger partial charge < -0.3 is 14.4 Å². The number of amides is 1. The lowest BCUT2D eigenvalue weighted by Gasteiger charge is -2.48. The van der Waals surface area contributed by atoms with Gasteiger partial charge in [-0.2, -0.15) is 0 Å². The zero-order valence-electron chi connectivity index (χ0n) is 16.2. The SMILES string of the molecule is CO[C@@H]1C=C2C=C3C(=C(C)C(=O)N3C)C[C@]2(C)[C@@H](C)[C@H]1OC(=O)C1CC1. The van der Waals surface area contributed by atoms with Crippen LogP contribution >= 0.6 is 0 Å². The maximum absolute atomic E-state index is 12.4. The first kappa shape index (κ1) is 17.5. The minimum Gasteiger partial charge on any atom is -0.459 e. The smallest absolute Gasteiger partial charge is 0.309 e. The highest BCUT2D eigenvalue weighted by Gasteiger charge is 2.51. The largest absolute Gasteiger partial charge is 0.459 e. The van der Waals surface area contributed by atoms with Gasteiger partial charge in [0, 0.05) is 36.8 Å². The number of carbonyl (C=O) groups excluding carboxylic acids is 2. The topological polar surface area (TPSA) is 55.8 Å². The molecule has 0 saturated heterocycles. The molecule has 0 radical (unpaired) electrons.